The summed E-state index contributed by atoms with van der Waals surface area (Å²) in [6, 6.07) is 10.8. The first-order valence-electron chi connectivity index (χ1n) is 5.20. The van der Waals surface area contributed by atoms with Crippen LogP contribution in [0.1, 0.15) is 5.56 Å². The van der Waals surface area contributed by atoms with Crippen molar-refractivity contribution in [2.75, 3.05) is 12.3 Å². The Hall–Kier alpha value is -2.48. The van der Waals surface area contributed by atoms with Crippen LogP contribution in [-0.4, -0.2) is 16.4 Å². The van der Waals surface area contributed by atoms with Crippen LogP contribution in [0.4, 0.5) is 5.82 Å². The largest absolute Gasteiger partial charge is 0.492 e. The van der Waals surface area contributed by atoms with Crippen LogP contribution < -0.4 is 10.5 Å². The number of nitrogen functional groups attached to an aromatic ring is 1. The zero-order valence-corrected chi connectivity index (χ0v) is 9.21. The highest BCUT2D eigenvalue weighted by Gasteiger charge is 1.97. The second-order valence-electron chi connectivity index (χ2n) is 3.49. The van der Waals surface area contributed by atoms with Gasteiger partial charge >= 0.3 is 0 Å². The predicted octanol–water partition coefficient (Wildman–Crippen LogP) is 1.42. The normalized spacial score (nSPS) is 9.82. The number of ether oxygens (including phenoxy) is 1. The molecule has 0 bridgehead atoms. The quantitative estimate of drug-likeness (QED) is 0.858. The maximum atomic E-state index is 8.73. The van der Waals surface area contributed by atoms with Gasteiger partial charge in [-0.2, -0.15) is 10.4 Å². The van der Waals surface area contributed by atoms with Gasteiger partial charge in [0.25, 0.3) is 0 Å². The summed E-state index contributed by atoms with van der Waals surface area (Å²) in [4.78, 5) is 0. The topological polar surface area (TPSA) is 76.9 Å². The first kappa shape index (κ1) is 11.0. The predicted molar refractivity (Wildman–Crippen MR) is 63.3 cm³/mol. The zero-order chi connectivity index (χ0) is 12.1. The monoisotopic (exact) mass is 228 g/mol. The molecule has 1 aromatic heterocycles. The minimum atomic E-state index is 0.482. The standard InChI is InChI=1S/C12H12N4O/c13-9-10-2-1-3-11(8-10)17-7-6-16-5-4-12(14)15-16/h1-5,8H,6-7H2,(H2,14,15). The SMILES string of the molecule is N#Cc1cccc(OCCn2ccc(N)n2)c1. The Balaban J connectivity index is 1.88. The first-order chi connectivity index (χ1) is 8.28. The molecule has 5 heteroatoms. The van der Waals surface area contributed by atoms with Gasteiger partial charge in [-0.1, -0.05) is 6.07 Å². The van der Waals surface area contributed by atoms with E-state index < -0.39 is 0 Å². The molecule has 0 aliphatic rings. The molecule has 86 valence electrons. The molecule has 0 spiro atoms. The molecule has 0 atom stereocenters. The van der Waals surface area contributed by atoms with Crippen LogP contribution >= 0.6 is 0 Å². The summed E-state index contributed by atoms with van der Waals surface area (Å²) in [5, 5.41) is 12.8. The Kier molecular flexibility index (Phi) is 3.26. The molecule has 2 aromatic rings. The Bertz CT molecular complexity index is 541. The van der Waals surface area contributed by atoms with Gasteiger partial charge in [0.05, 0.1) is 18.2 Å². The number of anilines is 1. The summed E-state index contributed by atoms with van der Waals surface area (Å²) < 4.78 is 7.22. The molecule has 5 nitrogen and oxygen atoms in total. The summed E-state index contributed by atoms with van der Waals surface area (Å²) in [6.45, 7) is 1.10. The van der Waals surface area contributed by atoms with Crippen LogP contribution in [0.3, 0.4) is 0 Å². The summed E-state index contributed by atoms with van der Waals surface area (Å²) in [5.74, 6) is 1.18. The Morgan fingerprint density at radius 1 is 1.41 bits per heavy atom. The summed E-state index contributed by atoms with van der Waals surface area (Å²) >= 11 is 0. The molecule has 0 unspecified atom stereocenters. The van der Waals surface area contributed by atoms with Gasteiger partial charge < -0.3 is 10.5 Å². The van der Waals surface area contributed by atoms with Gasteiger partial charge in [-0.3, -0.25) is 4.68 Å². The molecule has 0 fully saturated rings. The molecule has 0 radical (unpaired) electrons. The Morgan fingerprint density at radius 3 is 3.00 bits per heavy atom. The van der Waals surface area contributed by atoms with Crippen molar-refractivity contribution in [1.29, 1.82) is 5.26 Å². The first-order valence-corrected chi connectivity index (χ1v) is 5.20. The van der Waals surface area contributed by atoms with Gasteiger partial charge in [0, 0.05) is 6.20 Å². The van der Waals surface area contributed by atoms with Gasteiger partial charge in [0.1, 0.15) is 18.2 Å². The number of nitrogens with zero attached hydrogens (tertiary/aromatic N) is 3. The van der Waals surface area contributed by atoms with Crippen LogP contribution in [0.5, 0.6) is 5.75 Å². The molecule has 2 N–H and O–H groups in total. The summed E-state index contributed by atoms with van der Waals surface area (Å²) in [7, 11) is 0. The van der Waals surface area contributed by atoms with E-state index >= 15 is 0 Å². The molecule has 1 aromatic carbocycles. The fourth-order valence-corrected chi connectivity index (χ4v) is 1.41. The van der Waals surface area contributed by atoms with Crippen molar-refractivity contribution in [3.63, 3.8) is 0 Å². The van der Waals surface area contributed by atoms with Crippen molar-refractivity contribution in [3.8, 4) is 11.8 Å². The molecule has 0 amide bonds. The molecule has 0 aliphatic heterocycles. The average Bonchev–Trinajstić information content (AvgIpc) is 2.75. The number of nitriles is 1. The highest BCUT2D eigenvalue weighted by atomic mass is 16.5. The molecule has 0 saturated heterocycles. The highest BCUT2D eigenvalue weighted by Crippen LogP contribution is 2.12. The van der Waals surface area contributed by atoms with Gasteiger partial charge in [0.2, 0.25) is 0 Å². The highest BCUT2D eigenvalue weighted by molar-refractivity contribution is 5.36. The van der Waals surface area contributed by atoms with E-state index in [1.54, 1.807) is 35.1 Å². The van der Waals surface area contributed by atoms with E-state index in [0.717, 1.165) is 0 Å². The lowest BCUT2D eigenvalue weighted by molar-refractivity contribution is 0.291. The number of aromatic nitrogens is 2. The lowest BCUT2D eigenvalue weighted by Crippen LogP contribution is -2.08. The van der Waals surface area contributed by atoms with Crippen molar-refractivity contribution < 1.29 is 4.74 Å². The van der Waals surface area contributed by atoms with E-state index in [-0.39, 0.29) is 0 Å². The van der Waals surface area contributed by atoms with E-state index in [1.165, 1.54) is 0 Å². The van der Waals surface area contributed by atoms with Crippen molar-refractivity contribution in [2.45, 2.75) is 6.54 Å². The second-order valence-corrected chi connectivity index (χ2v) is 3.49. The average molecular weight is 228 g/mol. The van der Waals surface area contributed by atoms with Crippen molar-refractivity contribution in [1.82, 2.24) is 9.78 Å². The third-order valence-electron chi connectivity index (χ3n) is 2.21. The molecular weight excluding hydrogens is 216 g/mol. The minimum Gasteiger partial charge on any atom is -0.492 e. The smallest absolute Gasteiger partial charge is 0.145 e. The number of nitrogens with two attached hydrogens (primary N) is 1. The van der Waals surface area contributed by atoms with Gasteiger partial charge in [-0.15, -0.1) is 0 Å². The van der Waals surface area contributed by atoms with E-state index in [1.807, 2.05) is 6.07 Å². The van der Waals surface area contributed by atoms with Crippen LogP contribution in [-0.2, 0) is 6.54 Å². The van der Waals surface area contributed by atoms with Gasteiger partial charge in [-0.25, -0.2) is 0 Å². The molecule has 0 saturated carbocycles. The van der Waals surface area contributed by atoms with E-state index in [4.69, 9.17) is 15.7 Å². The Morgan fingerprint density at radius 2 is 2.29 bits per heavy atom. The third-order valence-corrected chi connectivity index (χ3v) is 2.21. The number of hydrogen-bond acceptors (Lipinski definition) is 4. The molecule has 2 rings (SSSR count). The maximum absolute atomic E-state index is 8.73. The molecule has 0 aliphatic carbocycles. The van der Waals surface area contributed by atoms with E-state index in [2.05, 4.69) is 11.2 Å². The summed E-state index contributed by atoms with van der Waals surface area (Å²) in [5.41, 5.74) is 6.08. The fraction of sp³-hybridized carbons (Fsp3) is 0.167. The van der Waals surface area contributed by atoms with Crippen molar-refractivity contribution >= 4 is 5.82 Å². The van der Waals surface area contributed by atoms with Gasteiger partial charge in [0.15, 0.2) is 0 Å². The molecule has 17 heavy (non-hydrogen) atoms. The number of benzene rings is 1. The number of hydrogen-bond donors (Lipinski definition) is 1. The van der Waals surface area contributed by atoms with Crippen LogP contribution in [0.15, 0.2) is 36.5 Å². The lowest BCUT2D eigenvalue weighted by atomic mass is 10.2. The molecule has 1 heterocycles. The van der Waals surface area contributed by atoms with Crippen molar-refractivity contribution in [3.05, 3.63) is 42.1 Å². The fourth-order valence-electron chi connectivity index (χ4n) is 1.41. The van der Waals surface area contributed by atoms with Crippen LogP contribution in [0.25, 0.3) is 0 Å². The lowest BCUT2D eigenvalue weighted by Gasteiger charge is -2.06. The third kappa shape index (κ3) is 2.98. The Labute approximate surface area is 99.0 Å². The van der Waals surface area contributed by atoms with Crippen LogP contribution in [0, 0.1) is 11.3 Å². The van der Waals surface area contributed by atoms with Gasteiger partial charge in [-0.05, 0) is 24.3 Å². The van der Waals surface area contributed by atoms with Crippen LogP contribution in [0.2, 0.25) is 0 Å². The molecular formula is C12H12N4O. The van der Waals surface area contributed by atoms with E-state index in [0.29, 0.717) is 30.3 Å². The maximum Gasteiger partial charge on any atom is 0.145 e. The summed E-state index contributed by atoms with van der Waals surface area (Å²) in [6.07, 6.45) is 1.80. The second kappa shape index (κ2) is 5.03. The minimum absolute atomic E-state index is 0.482. The number of rotatable bonds is 4. The van der Waals surface area contributed by atoms with Crippen molar-refractivity contribution in [2.24, 2.45) is 0 Å². The van der Waals surface area contributed by atoms with E-state index in [9.17, 15) is 0 Å². The zero-order valence-electron chi connectivity index (χ0n) is 9.21.